The number of nitrogens with zero attached hydrogens (tertiary/aromatic N) is 2. The Morgan fingerprint density at radius 3 is 1.01 bits per heavy atom. The number of quaternary nitrogens is 2. The van der Waals surface area contributed by atoms with Gasteiger partial charge in [-0.25, -0.2) is 9.59 Å². The third-order valence-corrected chi connectivity index (χ3v) is 13.4. The molecular formula is C58H112Cl2N4O8. The van der Waals surface area contributed by atoms with Crippen molar-refractivity contribution in [2.45, 2.75) is 258 Å². The Hall–Kier alpha value is -2.22. The number of unbranched alkanes of at least 4 members (excludes halogenated alkanes) is 22. The number of aliphatic hydroxyl groups is 2. The number of aliphatic hydroxyl groups excluding tert-OH is 2. The maximum Gasteiger partial charge on any atom is 0.362 e. The standard InChI is InChI=1S/C58H110N4O8.2ClH/c1-9-13-17-19-21-23-25-27-29-37-47-61(5,6)49-57(67)69-53(41-31-15-11-3)51(63)39-33-35-43-55(65)59-45-46-60-56(66)44-36-34-40-52(64)54(42-32-16-12-4)70-58(68)50-62(7,8)48-38-30-28-26-24-22-20-18-14-10-2;;/h33-36,51-54,63-64H,9-32,37-50H2,1-8H3;2*1H/b35-33+,36-34+;;. The van der Waals surface area contributed by atoms with Gasteiger partial charge in [-0.3, -0.25) is 9.59 Å². The molecule has 0 aromatic carbocycles. The minimum Gasteiger partial charge on any atom is -1.00 e. The van der Waals surface area contributed by atoms with Gasteiger partial charge in [0.25, 0.3) is 0 Å². The van der Waals surface area contributed by atoms with E-state index in [-0.39, 0.29) is 100 Å². The third kappa shape index (κ3) is 46.3. The number of esters is 2. The zero-order valence-corrected chi connectivity index (χ0v) is 49.0. The summed E-state index contributed by atoms with van der Waals surface area (Å²) in [5.41, 5.74) is 0. The van der Waals surface area contributed by atoms with Crippen LogP contribution in [-0.2, 0) is 28.7 Å². The molecular weight excluding hydrogens is 952 g/mol. The maximum absolute atomic E-state index is 13.1. The van der Waals surface area contributed by atoms with Gasteiger partial charge >= 0.3 is 11.9 Å². The molecule has 426 valence electrons. The van der Waals surface area contributed by atoms with Gasteiger partial charge in [0.1, 0.15) is 12.2 Å². The van der Waals surface area contributed by atoms with Crippen LogP contribution in [0, 0.1) is 0 Å². The monoisotopic (exact) mass is 1060 g/mol. The van der Waals surface area contributed by atoms with E-state index in [1.54, 1.807) is 24.3 Å². The summed E-state index contributed by atoms with van der Waals surface area (Å²) < 4.78 is 12.9. The van der Waals surface area contributed by atoms with Crippen LogP contribution in [0.15, 0.2) is 24.3 Å². The Balaban J connectivity index is -0.0000238. The highest BCUT2D eigenvalue weighted by molar-refractivity contribution is 5.78. The second-order valence-electron chi connectivity index (χ2n) is 21.7. The second-order valence-corrected chi connectivity index (χ2v) is 21.7. The molecule has 0 bridgehead atoms. The lowest BCUT2D eigenvalue weighted by molar-refractivity contribution is -0.883. The molecule has 4 N–H and O–H groups in total. The number of carbonyl (C=O) groups excluding carboxylic acids is 4. The predicted octanol–water partition coefficient (Wildman–Crippen LogP) is 5.60. The molecule has 0 spiro atoms. The van der Waals surface area contributed by atoms with Crippen molar-refractivity contribution in [3.63, 3.8) is 0 Å². The summed E-state index contributed by atoms with van der Waals surface area (Å²) >= 11 is 0. The number of ether oxygens (including phenoxy) is 2. The largest absolute Gasteiger partial charge is 1.00 e. The van der Waals surface area contributed by atoms with Crippen molar-refractivity contribution in [2.24, 2.45) is 0 Å². The SMILES string of the molecule is CCCCCCCCCCCC[N+](C)(C)CC(=O)OC(CCCCC)C(O)C/C=C/CC(=O)NCCNC(=O)C/C=C/CC(O)C(CCCCC)OC(=O)C[N+](C)(C)CCCCCCCCCCCC.[Cl-].[Cl-]. The molecule has 14 heteroatoms. The molecule has 4 unspecified atom stereocenters. The third-order valence-electron chi connectivity index (χ3n) is 13.4. The molecule has 0 aliphatic rings. The van der Waals surface area contributed by atoms with E-state index in [0.29, 0.717) is 21.8 Å². The molecule has 0 rings (SSSR count). The number of amides is 2. The fourth-order valence-corrected chi connectivity index (χ4v) is 8.88. The topological polar surface area (TPSA) is 151 Å². The van der Waals surface area contributed by atoms with Gasteiger partial charge in [0, 0.05) is 25.9 Å². The van der Waals surface area contributed by atoms with Crippen LogP contribution in [0.3, 0.4) is 0 Å². The average Bonchev–Trinajstić information content (AvgIpc) is 3.30. The molecule has 0 aromatic heterocycles. The summed E-state index contributed by atoms with van der Waals surface area (Å²) in [4.78, 5) is 51.1. The van der Waals surface area contributed by atoms with Crippen molar-refractivity contribution in [3.8, 4) is 0 Å². The lowest BCUT2D eigenvalue weighted by Crippen LogP contribution is -3.00. The van der Waals surface area contributed by atoms with Crippen molar-refractivity contribution in [3.05, 3.63) is 24.3 Å². The van der Waals surface area contributed by atoms with Gasteiger partial charge in [-0.2, -0.15) is 0 Å². The summed E-state index contributed by atoms with van der Waals surface area (Å²) in [5.74, 6) is -0.971. The van der Waals surface area contributed by atoms with Crippen LogP contribution in [0.5, 0.6) is 0 Å². The normalized spacial score (nSPS) is 13.5. The molecule has 0 aliphatic carbocycles. The summed E-state index contributed by atoms with van der Waals surface area (Å²) in [6.07, 6.45) is 37.3. The minimum atomic E-state index is -0.860. The lowest BCUT2D eigenvalue weighted by atomic mass is 10.0. The maximum atomic E-state index is 13.1. The first-order chi connectivity index (χ1) is 33.6. The van der Waals surface area contributed by atoms with E-state index < -0.39 is 24.4 Å². The van der Waals surface area contributed by atoms with Gasteiger partial charge in [0.05, 0.1) is 53.5 Å². The molecule has 12 nitrogen and oxygen atoms in total. The zero-order valence-electron chi connectivity index (χ0n) is 47.5. The van der Waals surface area contributed by atoms with Crippen molar-refractivity contribution in [1.82, 2.24) is 10.6 Å². The molecule has 0 fully saturated rings. The van der Waals surface area contributed by atoms with Gasteiger partial charge < -0.3 is 64.1 Å². The van der Waals surface area contributed by atoms with Gasteiger partial charge in [-0.1, -0.05) is 180 Å². The average molecular weight is 1060 g/mol. The summed E-state index contributed by atoms with van der Waals surface area (Å²) in [5, 5.41) is 27.7. The number of hydrogen-bond donors (Lipinski definition) is 4. The summed E-state index contributed by atoms with van der Waals surface area (Å²) in [7, 11) is 8.28. The molecule has 0 heterocycles. The Morgan fingerprint density at radius 2 is 0.708 bits per heavy atom. The first-order valence-corrected chi connectivity index (χ1v) is 28.8. The van der Waals surface area contributed by atoms with Crippen LogP contribution < -0.4 is 35.4 Å². The van der Waals surface area contributed by atoms with Crippen molar-refractivity contribution in [2.75, 3.05) is 67.5 Å². The number of halogens is 2. The van der Waals surface area contributed by atoms with Gasteiger partial charge in [0.2, 0.25) is 11.8 Å². The van der Waals surface area contributed by atoms with Crippen molar-refractivity contribution in [1.29, 1.82) is 0 Å². The quantitative estimate of drug-likeness (QED) is 0.0267. The van der Waals surface area contributed by atoms with Gasteiger partial charge in [0.15, 0.2) is 13.1 Å². The molecule has 4 atom stereocenters. The van der Waals surface area contributed by atoms with E-state index in [4.69, 9.17) is 9.47 Å². The van der Waals surface area contributed by atoms with Crippen LogP contribution in [0.25, 0.3) is 0 Å². The number of nitrogens with one attached hydrogen (secondary N) is 2. The highest BCUT2D eigenvalue weighted by Crippen LogP contribution is 2.19. The number of likely N-dealkylation sites (N-methyl/N-ethyl adjacent to an activating group) is 2. The van der Waals surface area contributed by atoms with Gasteiger partial charge in [-0.05, 0) is 64.2 Å². The summed E-state index contributed by atoms with van der Waals surface area (Å²) in [6.45, 7) is 11.6. The highest BCUT2D eigenvalue weighted by atomic mass is 35.5. The Morgan fingerprint density at radius 1 is 0.431 bits per heavy atom. The van der Waals surface area contributed by atoms with Crippen molar-refractivity contribution >= 4 is 23.8 Å². The Kier molecular flexibility index (Phi) is 51.0. The zero-order chi connectivity index (χ0) is 52.1. The van der Waals surface area contributed by atoms with Gasteiger partial charge in [-0.15, -0.1) is 0 Å². The Bertz CT molecular complexity index is 1270. The second kappa shape index (κ2) is 49.6. The molecule has 0 radical (unpaired) electrons. The van der Waals surface area contributed by atoms with Crippen LogP contribution in [0.2, 0.25) is 0 Å². The molecule has 0 aromatic rings. The number of hydrogen-bond acceptors (Lipinski definition) is 8. The smallest absolute Gasteiger partial charge is 0.362 e. The van der Waals surface area contributed by atoms with E-state index in [1.807, 2.05) is 0 Å². The fourth-order valence-electron chi connectivity index (χ4n) is 8.88. The van der Waals surface area contributed by atoms with E-state index in [0.717, 1.165) is 64.5 Å². The highest BCUT2D eigenvalue weighted by Gasteiger charge is 2.28. The first-order valence-electron chi connectivity index (χ1n) is 28.8. The van der Waals surface area contributed by atoms with E-state index in [1.165, 1.54) is 116 Å². The predicted molar refractivity (Wildman–Crippen MR) is 290 cm³/mol. The van der Waals surface area contributed by atoms with Crippen LogP contribution in [-0.4, -0.2) is 135 Å². The fraction of sp³-hybridized carbons (Fsp3) is 0.862. The molecule has 0 saturated heterocycles. The van der Waals surface area contributed by atoms with E-state index in [9.17, 15) is 29.4 Å². The van der Waals surface area contributed by atoms with Crippen LogP contribution in [0.4, 0.5) is 0 Å². The number of rotatable bonds is 49. The first kappa shape index (κ1) is 74.0. The lowest BCUT2D eigenvalue weighted by Gasteiger charge is -2.30. The van der Waals surface area contributed by atoms with E-state index >= 15 is 0 Å². The van der Waals surface area contributed by atoms with Crippen molar-refractivity contribution < 1.29 is 72.6 Å². The minimum absolute atomic E-state index is 0. The van der Waals surface area contributed by atoms with E-state index in [2.05, 4.69) is 66.5 Å². The summed E-state index contributed by atoms with van der Waals surface area (Å²) in [6, 6.07) is 0. The van der Waals surface area contributed by atoms with Crippen LogP contribution >= 0.6 is 0 Å². The molecule has 2 amide bonds. The number of carbonyl (C=O) groups is 4. The molecule has 0 aliphatic heterocycles. The molecule has 0 saturated carbocycles. The molecule has 72 heavy (non-hydrogen) atoms. The van der Waals surface area contributed by atoms with Crippen LogP contribution in [0.1, 0.15) is 233 Å². The Labute approximate surface area is 454 Å².